The summed E-state index contributed by atoms with van der Waals surface area (Å²) in [6.07, 6.45) is 6.26. The van der Waals surface area contributed by atoms with Crippen LogP contribution in [0.3, 0.4) is 0 Å². The van der Waals surface area contributed by atoms with Gasteiger partial charge in [-0.05, 0) is 43.9 Å². The maximum absolute atomic E-state index is 5.89. The van der Waals surface area contributed by atoms with Crippen molar-refractivity contribution in [2.75, 3.05) is 11.5 Å². The summed E-state index contributed by atoms with van der Waals surface area (Å²) in [6.45, 7) is 1.91. The molecule has 2 aromatic rings. The number of anilines is 1. The maximum Gasteiger partial charge on any atom is 0.170 e. The van der Waals surface area contributed by atoms with Gasteiger partial charge in [0.15, 0.2) is 11.6 Å². The molecule has 1 aliphatic rings. The van der Waals surface area contributed by atoms with Crippen molar-refractivity contribution in [2.24, 2.45) is 5.92 Å². The molecule has 1 saturated carbocycles. The van der Waals surface area contributed by atoms with Gasteiger partial charge in [-0.2, -0.15) is 0 Å². The minimum Gasteiger partial charge on any atom is -0.452 e. The zero-order valence-corrected chi connectivity index (χ0v) is 12.2. The molecule has 2 N–H and O–H groups in total. The molecule has 20 heavy (non-hydrogen) atoms. The molecule has 0 aromatic carbocycles. The molecule has 2 heterocycles. The molecule has 0 amide bonds. The van der Waals surface area contributed by atoms with Crippen molar-refractivity contribution in [1.82, 2.24) is 9.97 Å². The lowest BCUT2D eigenvalue weighted by Gasteiger charge is -2.10. The molecule has 0 radical (unpaired) electrons. The molecule has 5 heteroatoms. The Morgan fingerprint density at radius 2 is 2.20 bits per heavy atom. The number of nitrogens with two attached hydrogens (primary N) is 1. The van der Waals surface area contributed by atoms with Gasteiger partial charge in [0, 0.05) is 23.0 Å². The van der Waals surface area contributed by atoms with E-state index >= 15 is 0 Å². The fourth-order valence-electron chi connectivity index (χ4n) is 1.79. The van der Waals surface area contributed by atoms with Gasteiger partial charge in [0.2, 0.25) is 0 Å². The normalized spacial score (nSPS) is 14.2. The highest BCUT2D eigenvalue weighted by molar-refractivity contribution is 7.99. The zero-order valence-electron chi connectivity index (χ0n) is 11.4. The second kappa shape index (κ2) is 5.71. The Morgan fingerprint density at radius 1 is 1.35 bits per heavy atom. The molecule has 2 aromatic heterocycles. The van der Waals surface area contributed by atoms with Crippen molar-refractivity contribution < 1.29 is 4.74 Å². The van der Waals surface area contributed by atoms with Crippen molar-refractivity contribution in [3.8, 4) is 11.5 Å². The van der Waals surface area contributed by atoms with Crippen LogP contribution < -0.4 is 10.5 Å². The van der Waals surface area contributed by atoms with Crippen molar-refractivity contribution >= 4 is 17.6 Å². The van der Waals surface area contributed by atoms with E-state index in [0.717, 1.165) is 22.3 Å². The van der Waals surface area contributed by atoms with Gasteiger partial charge >= 0.3 is 0 Å². The van der Waals surface area contributed by atoms with Gasteiger partial charge in [-0.1, -0.05) is 0 Å². The average Bonchev–Trinajstić information content (AvgIpc) is 3.26. The van der Waals surface area contributed by atoms with Crippen LogP contribution in [0.25, 0.3) is 0 Å². The average molecular weight is 287 g/mol. The van der Waals surface area contributed by atoms with Gasteiger partial charge in [0.1, 0.15) is 5.75 Å². The zero-order chi connectivity index (χ0) is 13.9. The summed E-state index contributed by atoms with van der Waals surface area (Å²) in [5.74, 6) is 3.75. The minimum atomic E-state index is 0.407. The molecular weight excluding hydrogens is 270 g/mol. The van der Waals surface area contributed by atoms with E-state index in [0.29, 0.717) is 17.3 Å². The fourth-order valence-corrected chi connectivity index (χ4v) is 2.87. The molecule has 1 fully saturated rings. The van der Waals surface area contributed by atoms with E-state index in [4.69, 9.17) is 10.5 Å². The van der Waals surface area contributed by atoms with E-state index in [9.17, 15) is 0 Å². The van der Waals surface area contributed by atoms with E-state index in [2.05, 4.69) is 9.97 Å². The molecule has 104 valence electrons. The number of nitrogens with zero attached hydrogens (tertiary/aromatic N) is 2. The minimum absolute atomic E-state index is 0.407. The third-order valence-electron chi connectivity index (χ3n) is 3.22. The van der Waals surface area contributed by atoms with Gasteiger partial charge in [0.05, 0.1) is 5.69 Å². The predicted octanol–water partition coefficient (Wildman–Crippen LogP) is 3.66. The Bertz CT molecular complexity index is 614. The molecule has 4 nitrogen and oxygen atoms in total. The van der Waals surface area contributed by atoms with Crippen LogP contribution >= 0.6 is 11.8 Å². The first-order chi connectivity index (χ1) is 9.72. The van der Waals surface area contributed by atoms with Crippen LogP contribution in [0, 0.1) is 12.8 Å². The van der Waals surface area contributed by atoms with Gasteiger partial charge in [-0.3, -0.25) is 4.98 Å². The summed E-state index contributed by atoms with van der Waals surface area (Å²) in [5.41, 5.74) is 6.73. The van der Waals surface area contributed by atoms with Gasteiger partial charge in [-0.15, -0.1) is 11.8 Å². The smallest absolute Gasteiger partial charge is 0.170 e. The molecule has 0 atom stereocenters. The highest BCUT2D eigenvalue weighted by Crippen LogP contribution is 2.37. The Hall–Kier alpha value is -1.75. The summed E-state index contributed by atoms with van der Waals surface area (Å²) in [7, 11) is 0. The van der Waals surface area contributed by atoms with Gasteiger partial charge < -0.3 is 10.5 Å². The molecule has 0 bridgehead atoms. The maximum atomic E-state index is 5.89. The highest BCUT2D eigenvalue weighted by Gasteiger charge is 2.21. The van der Waals surface area contributed by atoms with E-state index in [-0.39, 0.29) is 0 Å². The summed E-state index contributed by atoms with van der Waals surface area (Å²) in [6, 6.07) is 5.69. The molecule has 0 saturated heterocycles. The number of hydrogen-bond acceptors (Lipinski definition) is 5. The Labute approximate surface area is 122 Å². The Morgan fingerprint density at radius 3 is 2.95 bits per heavy atom. The van der Waals surface area contributed by atoms with E-state index in [1.165, 1.54) is 12.8 Å². The number of nitrogen functional groups attached to an aromatic ring is 1. The van der Waals surface area contributed by atoms with Gasteiger partial charge in [-0.25, -0.2) is 4.98 Å². The standard InChI is InChI=1S/C15H17N3OS/c1-10-13(3-2-6-17-10)19-14-7-12(8-18-15(14)16)20-9-11-4-5-11/h2-3,6-8,11H,4-5,9H2,1H3,(H2,16,18). The van der Waals surface area contributed by atoms with Crippen LogP contribution in [0.5, 0.6) is 11.5 Å². The van der Waals surface area contributed by atoms with Crippen molar-refractivity contribution in [3.05, 3.63) is 36.3 Å². The molecule has 1 aliphatic carbocycles. The summed E-state index contributed by atoms with van der Waals surface area (Å²) in [5, 5.41) is 0. The molecular formula is C15H17N3OS. The SMILES string of the molecule is Cc1ncccc1Oc1cc(SCC2CC2)cnc1N. The highest BCUT2D eigenvalue weighted by atomic mass is 32.2. The van der Waals surface area contributed by atoms with Crippen LogP contribution in [-0.4, -0.2) is 15.7 Å². The molecule has 0 unspecified atom stereocenters. The topological polar surface area (TPSA) is 61.0 Å². The number of aromatic nitrogens is 2. The second-order valence-corrected chi connectivity index (χ2v) is 6.09. The monoisotopic (exact) mass is 287 g/mol. The van der Waals surface area contributed by atoms with Crippen LogP contribution in [0.15, 0.2) is 35.5 Å². The lowest BCUT2D eigenvalue weighted by molar-refractivity contribution is 0.474. The molecule has 3 rings (SSSR count). The largest absolute Gasteiger partial charge is 0.452 e. The second-order valence-electron chi connectivity index (χ2n) is 5.00. The Kier molecular flexibility index (Phi) is 3.78. The van der Waals surface area contributed by atoms with Crippen molar-refractivity contribution in [2.45, 2.75) is 24.7 Å². The molecule has 0 spiro atoms. The van der Waals surface area contributed by atoms with Crippen LogP contribution in [-0.2, 0) is 0 Å². The number of pyridine rings is 2. The first kappa shape index (κ1) is 13.2. The van der Waals surface area contributed by atoms with E-state index < -0.39 is 0 Å². The lowest BCUT2D eigenvalue weighted by Crippen LogP contribution is -1.97. The molecule has 0 aliphatic heterocycles. The number of aryl methyl sites for hydroxylation is 1. The van der Waals surface area contributed by atoms with E-state index in [1.54, 1.807) is 6.20 Å². The third-order valence-corrected chi connectivity index (χ3v) is 4.41. The first-order valence-electron chi connectivity index (χ1n) is 6.70. The number of rotatable bonds is 5. The van der Waals surface area contributed by atoms with Gasteiger partial charge in [0.25, 0.3) is 0 Å². The van der Waals surface area contributed by atoms with Crippen molar-refractivity contribution in [3.63, 3.8) is 0 Å². The summed E-state index contributed by atoms with van der Waals surface area (Å²) >= 11 is 1.81. The number of thioether (sulfide) groups is 1. The van der Waals surface area contributed by atoms with Crippen LogP contribution in [0.4, 0.5) is 5.82 Å². The number of ether oxygens (including phenoxy) is 1. The lowest BCUT2D eigenvalue weighted by atomic mass is 10.3. The summed E-state index contributed by atoms with van der Waals surface area (Å²) in [4.78, 5) is 9.52. The Balaban J connectivity index is 1.77. The quantitative estimate of drug-likeness (QED) is 0.850. The number of hydrogen-bond donors (Lipinski definition) is 1. The third kappa shape index (κ3) is 3.22. The first-order valence-corrected chi connectivity index (χ1v) is 7.69. The summed E-state index contributed by atoms with van der Waals surface area (Å²) < 4.78 is 5.84. The van der Waals surface area contributed by atoms with E-state index in [1.807, 2.05) is 43.1 Å². The van der Waals surface area contributed by atoms with Crippen LogP contribution in [0.1, 0.15) is 18.5 Å². The van der Waals surface area contributed by atoms with Crippen molar-refractivity contribution in [1.29, 1.82) is 0 Å². The fraction of sp³-hybridized carbons (Fsp3) is 0.333. The predicted molar refractivity (Wildman–Crippen MR) is 81.1 cm³/mol. The van der Waals surface area contributed by atoms with Crippen LogP contribution in [0.2, 0.25) is 0 Å².